The monoisotopic (exact) mass is 403 g/mol. The van der Waals surface area contributed by atoms with Crippen LogP contribution in [0.25, 0.3) is 0 Å². The van der Waals surface area contributed by atoms with Crippen molar-refractivity contribution in [2.45, 2.75) is 0 Å². The molecule has 0 aliphatic carbocycles. The largest absolute Gasteiger partial charge is 0.497 e. The van der Waals surface area contributed by atoms with Gasteiger partial charge in [0.15, 0.2) is 0 Å². The van der Waals surface area contributed by atoms with E-state index in [2.05, 4.69) is 10.2 Å². The molecule has 150 valence electrons. The van der Waals surface area contributed by atoms with Crippen LogP contribution in [0.1, 0.15) is 20.7 Å². The van der Waals surface area contributed by atoms with E-state index in [1.54, 1.807) is 25.3 Å². The minimum absolute atomic E-state index is 0.0980. The molecule has 0 spiro atoms. The van der Waals surface area contributed by atoms with E-state index in [-0.39, 0.29) is 11.8 Å². The average molecular weight is 404 g/mol. The number of thiophene rings is 1. The first kappa shape index (κ1) is 20.2. The molecule has 1 aliphatic heterocycles. The lowest BCUT2D eigenvalue weighted by molar-refractivity contribution is 0.0638. The second kappa shape index (κ2) is 9.57. The van der Waals surface area contributed by atoms with Crippen LogP contribution in [0.3, 0.4) is 0 Å². The first-order chi connectivity index (χ1) is 13.6. The maximum Gasteiger partial charge on any atom is 0.255 e. The van der Waals surface area contributed by atoms with Gasteiger partial charge in [-0.05, 0) is 23.6 Å². The third-order valence-electron chi connectivity index (χ3n) is 4.79. The molecule has 2 heterocycles. The zero-order chi connectivity index (χ0) is 19.9. The Hall–Kier alpha value is -2.58. The first-order valence-corrected chi connectivity index (χ1v) is 10.1. The van der Waals surface area contributed by atoms with Gasteiger partial charge in [-0.15, -0.1) is 0 Å². The van der Waals surface area contributed by atoms with Crippen molar-refractivity contribution >= 4 is 23.2 Å². The molecule has 3 rings (SSSR count). The van der Waals surface area contributed by atoms with Crippen molar-refractivity contribution in [3.8, 4) is 11.5 Å². The Kier molecular flexibility index (Phi) is 6.89. The molecule has 2 amide bonds. The first-order valence-electron chi connectivity index (χ1n) is 9.16. The molecule has 0 unspecified atom stereocenters. The maximum atomic E-state index is 12.4. The number of rotatable bonds is 7. The summed E-state index contributed by atoms with van der Waals surface area (Å²) in [5.74, 6) is 1.05. The fourth-order valence-corrected chi connectivity index (χ4v) is 3.78. The van der Waals surface area contributed by atoms with E-state index < -0.39 is 0 Å². The van der Waals surface area contributed by atoms with Crippen molar-refractivity contribution in [2.75, 3.05) is 53.5 Å². The lowest BCUT2D eigenvalue weighted by Gasteiger charge is -2.34. The topological polar surface area (TPSA) is 71.1 Å². The van der Waals surface area contributed by atoms with Crippen LogP contribution in [0, 0.1) is 0 Å². The van der Waals surface area contributed by atoms with Crippen LogP contribution in [0.5, 0.6) is 11.5 Å². The third-order valence-corrected chi connectivity index (χ3v) is 5.48. The van der Waals surface area contributed by atoms with Crippen molar-refractivity contribution < 1.29 is 19.1 Å². The Bertz CT molecular complexity index is 802. The van der Waals surface area contributed by atoms with Crippen LogP contribution < -0.4 is 14.8 Å². The molecular formula is C20H25N3O4S. The summed E-state index contributed by atoms with van der Waals surface area (Å²) in [7, 11) is 3.10. The molecule has 1 aromatic carbocycles. The van der Waals surface area contributed by atoms with Gasteiger partial charge >= 0.3 is 0 Å². The zero-order valence-electron chi connectivity index (χ0n) is 16.1. The summed E-state index contributed by atoms with van der Waals surface area (Å²) in [4.78, 5) is 28.9. The van der Waals surface area contributed by atoms with Gasteiger partial charge < -0.3 is 19.7 Å². The predicted molar refractivity (Wildman–Crippen MR) is 109 cm³/mol. The summed E-state index contributed by atoms with van der Waals surface area (Å²) in [6, 6.07) is 6.99. The summed E-state index contributed by atoms with van der Waals surface area (Å²) < 4.78 is 10.4. The Balaban J connectivity index is 1.43. The molecule has 8 heteroatoms. The third kappa shape index (κ3) is 4.82. The Morgan fingerprint density at radius 1 is 1.11 bits per heavy atom. The molecule has 0 saturated carbocycles. The highest BCUT2D eigenvalue weighted by atomic mass is 32.1. The van der Waals surface area contributed by atoms with E-state index in [1.165, 1.54) is 18.4 Å². The lowest BCUT2D eigenvalue weighted by Crippen LogP contribution is -2.50. The number of carbonyl (C=O) groups excluding carboxylic acids is 2. The van der Waals surface area contributed by atoms with Crippen LogP contribution in [0.2, 0.25) is 0 Å². The molecule has 1 aromatic heterocycles. The second-order valence-electron chi connectivity index (χ2n) is 6.47. The van der Waals surface area contributed by atoms with Gasteiger partial charge in [0.25, 0.3) is 11.8 Å². The predicted octanol–water partition coefficient (Wildman–Crippen LogP) is 1.95. The highest BCUT2D eigenvalue weighted by molar-refractivity contribution is 7.08. The molecular weight excluding hydrogens is 378 g/mol. The number of carbonyl (C=O) groups is 2. The number of methoxy groups -OCH3 is 2. The summed E-state index contributed by atoms with van der Waals surface area (Å²) >= 11 is 1.53. The van der Waals surface area contributed by atoms with Gasteiger partial charge in [0, 0.05) is 50.7 Å². The normalized spacial score (nSPS) is 14.6. The van der Waals surface area contributed by atoms with Gasteiger partial charge in [-0.2, -0.15) is 11.3 Å². The van der Waals surface area contributed by atoms with Crippen molar-refractivity contribution in [3.63, 3.8) is 0 Å². The van der Waals surface area contributed by atoms with Gasteiger partial charge in [0.2, 0.25) is 0 Å². The number of nitrogens with one attached hydrogen (secondary N) is 1. The van der Waals surface area contributed by atoms with Crippen LogP contribution in [-0.4, -0.2) is 75.1 Å². The lowest BCUT2D eigenvalue weighted by atomic mass is 10.1. The Morgan fingerprint density at radius 2 is 1.89 bits per heavy atom. The summed E-state index contributed by atoms with van der Waals surface area (Å²) in [5, 5.41) is 6.74. The van der Waals surface area contributed by atoms with Crippen molar-refractivity contribution in [2.24, 2.45) is 0 Å². The average Bonchev–Trinajstić information content (AvgIpc) is 3.28. The summed E-state index contributed by atoms with van der Waals surface area (Å²) in [6.45, 7) is 4.29. The molecule has 1 aliphatic rings. The number of hydrogen-bond acceptors (Lipinski definition) is 6. The van der Waals surface area contributed by atoms with Crippen LogP contribution in [0.4, 0.5) is 0 Å². The van der Waals surface area contributed by atoms with Crippen molar-refractivity contribution in [1.82, 2.24) is 15.1 Å². The van der Waals surface area contributed by atoms with Crippen LogP contribution in [-0.2, 0) is 0 Å². The number of piperazine rings is 1. The number of ether oxygens (including phenoxy) is 2. The zero-order valence-corrected chi connectivity index (χ0v) is 17.0. The molecule has 1 N–H and O–H groups in total. The minimum Gasteiger partial charge on any atom is -0.497 e. The van der Waals surface area contributed by atoms with E-state index in [9.17, 15) is 9.59 Å². The highest BCUT2D eigenvalue weighted by Crippen LogP contribution is 2.24. The number of benzene rings is 1. The highest BCUT2D eigenvalue weighted by Gasteiger charge is 2.22. The Labute approximate surface area is 168 Å². The van der Waals surface area contributed by atoms with Gasteiger partial charge in [0.1, 0.15) is 11.5 Å². The maximum absolute atomic E-state index is 12.4. The van der Waals surface area contributed by atoms with E-state index in [1.807, 2.05) is 21.7 Å². The second-order valence-corrected chi connectivity index (χ2v) is 7.25. The molecule has 0 bridgehead atoms. The van der Waals surface area contributed by atoms with Crippen LogP contribution >= 0.6 is 11.3 Å². The van der Waals surface area contributed by atoms with Gasteiger partial charge in [-0.1, -0.05) is 0 Å². The van der Waals surface area contributed by atoms with Crippen LogP contribution in [0.15, 0.2) is 35.0 Å². The quantitative estimate of drug-likeness (QED) is 0.765. The van der Waals surface area contributed by atoms with E-state index in [0.717, 1.165) is 25.2 Å². The SMILES string of the molecule is COc1ccc(C(=O)NCCN2CCN(C(=O)c3ccsc3)CC2)c(OC)c1. The van der Waals surface area contributed by atoms with Crippen molar-refractivity contribution in [1.29, 1.82) is 0 Å². The molecule has 1 fully saturated rings. The summed E-state index contributed by atoms with van der Waals surface area (Å²) in [6.07, 6.45) is 0. The summed E-state index contributed by atoms with van der Waals surface area (Å²) in [5.41, 5.74) is 1.24. The molecule has 28 heavy (non-hydrogen) atoms. The smallest absolute Gasteiger partial charge is 0.255 e. The van der Waals surface area contributed by atoms with Gasteiger partial charge in [-0.25, -0.2) is 0 Å². The molecule has 0 atom stereocenters. The fourth-order valence-electron chi connectivity index (χ4n) is 3.15. The van der Waals surface area contributed by atoms with Gasteiger partial charge in [-0.3, -0.25) is 14.5 Å². The number of nitrogens with zero attached hydrogens (tertiary/aromatic N) is 2. The Morgan fingerprint density at radius 3 is 2.54 bits per heavy atom. The molecule has 1 saturated heterocycles. The molecule has 7 nitrogen and oxygen atoms in total. The van der Waals surface area contributed by atoms with Crippen molar-refractivity contribution in [3.05, 3.63) is 46.2 Å². The van der Waals surface area contributed by atoms with E-state index in [4.69, 9.17) is 9.47 Å². The van der Waals surface area contributed by atoms with Gasteiger partial charge in [0.05, 0.1) is 25.3 Å². The molecule has 2 aromatic rings. The van der Waals surface area contributed by atoms with E-state index in [0.29, 0.717) is 36.7 Å². The van der Waals surface area contributed by atoms with E-state index >= 15 is 0 Å². The molecule has 0 radical (unpaired) electrons. The standard InChI is InChI=1S/C20H25N3O4S/c1-26-16-3-4-17(18(13-16)27-2)19(24)21-6-7-22-8-10-23(11-9-22)20(25)15-5-12-28-14-15/h3-5,12-14H,6-11H2,1-2H3,(H,21,24). The number of amides is 2. The number of hydrogen-bond donors (Lipinski definition) is 1. The fraction of sp³-hybridized carbons (Fsp3) is 0.400. The minimum atomic E-state index is -0.175.